The number of nitrogens with one attached hydrogen (secondary N) is 1. The summed E-state index contributed by atoms with van der Waals surface area (Å²) in [5, 5.41) is 23.8. The number of amides is 1. The molecule has 0 aromatic heterocycles. The van der Waals surface area contributed by atoms with Gasteiger partial charge in [-0.05, 0) is 64.2 Å². The van der Waals surface area contributed by atoms with Crippen LogP contribution in [0.3, 0.4) is 0 Å². The van der Waals surface area contributed by atoms with Crippen molar-refractivity contribution in [2.45, 2.75) is 264 Å². The fraction of sp³-hybridized carbons (Fsp3) is 0.724. The van der Waals surface area contributed by atoms with Crippen LogP contribution in [0.15, 0.2) is 85.1 Å². The number of allylic oxidation sites excluding steroid dienone is 14. The van der Waals surface area contributed by atoms with Gasteiger partial charge in [0.05, 0.1) is 25.2 Å². The van der Waals surface area contributed by atoms with Gasteiger partial charge in [-0.2, -0.15) is 0 Å². The molecule has 6 nitrogen and oxygen atoms in total. The molecule has 3 N–H and O–H groups in total. The zero-order valence-corrected chi connectivity index (χ0v) is 41.9. The molecule has 0 aliphatic heterocycles. The second-order valence-electron chi connectivity index (χ2n) is 18.0. The molecule has 368 valence electrons. The first-order chi connectivity index (χ1) is 31.5. The number of ether oxygens (including phenoxy) is 1. The van der Waals surface area contributed by atoms with Crippen LogP contribution in [0.4, 0.5) is 0 Å². The van der Waals surface area contributed by atoms with Crippen molar-refractivity contribution in [1.29, 1.82) is 0 Å². The molecule has 0 saturated carbocycles. The molecule has 0 aliphatic carbocycles. The highest BCUT2D eigenvalue weighted by molar-refractivity contribution is 5.77. The smallest absolute Gasteiger partial charge is 0.306 e. The highest BCUT2D eigenvalue weighted by Gasteiger charge is 2.24. The molecular formula is C58H101NO5. The molecule has 0 saturated heterocycles. The Hall–Kier alpha value is -2.96. The van der Waals surface area contributed by atoms with Crippen LogP contribution in [0, 0.1) is 0 Å². The van der Waals surface area contributed by atoms with E-state index in [-0.39, 0.29) is 24.9 Å². The fourth-order valence-electron chi connectivity index (χ4n) is 7.82. The summed E-state index contributed by atoms with van der Waals surface area (Å²) >= 11 is 0. The summed E-state index contributed by atoms with van der Waals surface area (Å²) in [6.07, 6.45) is 66.4. The maximum atomic E-state index is 13.2. The topological polar surface area (TPSA) is 95.9 Å². The van der Waals surface area contributed by atoms with Crippen LogP contribution >= 0.6 is 0 Å². The van der Waals surface area contributed by atoms with E-state index in [9.17, 15) is 19.8 Å². The third-order valence-corrected chi connectivity index (χ3v) is 11.9. The van der Waals surface area contributed by atoms with Crippen molar-refractivity contribution >= 4 is 11.9 Å². The predicted octanol–water partition coefficient (Wildman–Crippen LogP) is 16.3. The molecule has 0 aromatic rings. The lowest BCUT2D eigenvalue weighted by Gasteiger charge is -2.24. The number of unbranched alkanes of at least 4 members (excludes halogenated alkanes) is 26. The molecule has 0 spiro atoms. The predicted molar refractivity (Wildman–Crippen MR) is 278 cm³/mol. The molecule has 1 amide bonds. The SMILES string of the molecule is CC\C=C/C=C/C=C/C=C\C=C\C=C\CCCC(CC(=O)NC(CO)C(O)CCCCCCCCCCCCCCC)OC(=O)CCCCCCCCC/C=C/CCCCCCCC. The summed E-state index contributed by atoms with van der Waals surface area (Å²) in [4.78, 5) is 26.2. The zero-order valence-electron chi connectivity index (χ0n) is 41.9. The standard InChI is InChI=1S/C58H101NO5/c1-4-7-10-13-16-19-22-25-27-28-30-33-36-39-42-45-48-51-58(63)64-54(49-46-43-40-37-34-32-29-26-23-20-17-14-11-8-5-2)52-57(62)59-55(53-60)56(61)50-47-44-41-38-35-31-24-21-18-15-12-9-6-3/h8,11,14,17,20,23,25-27,29,32,34,37,40,54-56,60-61H,4-7,9-10,12-13,15-16,18-19,21-22,24,28,30-31,33,35-36,38-39,41-53H2,1-3H3,(H,59,62)/b11-8-,17-14+,23-20+,27-25+,29-26-,34-32+,40-37+. The number of carbonyl (C=O) groups is 2. The molecule has 64 heavy (non-hydrogen) atoms. The summed E-state index contributed by atoms with van der Waals surface area (Å²) in [5.74, 6) is -0.555. The van der Waals surface area contributed by atoms with Crippen LogP contribution in [0.25, 0.3) is 0 Å². The van der Waals surface area contributed by atoms with Crippen molar-refractivity contribution in [1.82, 2.24) is 5.32 Å². The normalized spacial score (nSPS) is 13.9. The van der Waals surface area contributed by atoms with E-state index in [1.165, 1.54) is 141 Å². The van der Waals surface area contributed by atoms with Crippen molar-refractivity contribution in [3.63, 3.8) is 0 Å². The lowest BCUT2D eigenvalue weighted by Crippen LogP contribution is -2.46. The van der Waals surface area contributed by atoms with Crippen LogP contribution in [0.2, 0.25) is 0 Å². The Morgan fingerprint density at radius 1 is 0.469 bits per heavy atom. The monoisotopic (exact) mass is 892 g/mol. The summed E-state index contributed by atoms with van der Waals surface area (Å²) in [7, 11) is 0. The molecule has 0 rings (SSSR count). The maximum Gasteiger partial charge on any atom is 0.306 e. The van der Waals surface area contributed by atoms with E-state index < -0.39 is 18.2 Å². The lowest BCUT2D eigenvalue weighted by molar-refractivity contribution is -0.151. The van der Waals surface area contributed by atoms with Gasteiger partial charge in [0, 0.05) is 6.42 Å². The Morgan fingerprint density at radius 3 is 1.34 bits per heavy atom. The Balaban J connectivity index is 4.71. The van der Waals surface area contributed by atoms with Gasteiger partial charge < -0.3 is 20.3 Å². The van der Waals surface area contributed by atoms with Gasteiger partial charge in [-0.3, -0.25) is 9.59 Å². The molecule has 0 aromatic carbocycles. The number of rotatable bonds is 47. The molecule has 0 aliphatic rings. The Labute approximate surface area is 395 Å². The Bertz CT molecular complexity index is 1230. The van der Waals surface area contributed by atoms with Crippen molar-refractivity contribution < 1.29 is 24.5 Å². The van der Waals surface area contributed by atoms with Gasteiger partial charge in [-0.1, -0.05) is 254 Å². The van der Waals surface area contributed by atoms with Gasteiger partial charge in [0.15, 0.2) is 0 Å². The van der Waals surface area contributed by atoms with E-state index in [1.54, 1.807) is 0 Å². The Morgan fingerprint density at radius 2 is 0.875 bits per heavy atom. The summed E-state index contributed by atoms with van der Waals surface area (Å²) in [5.41, 5.74) is 0. The molecule has 3 atom stereocenters. The van der Waals surface area contributed by atoms with E-state index in [1.807, 2.05) is 60.8 Å². The molecule has 0 bridgehead atoms. The lowest BCUT2D eigenvalue weighted by atomic mass is 10.0. The molecule has 0 heterocycles. The van der Waals surface area contributed by atoms with Crippen LogP contribution in [0.5, 0.6) is 0 Å². The zero-order chi connectivity index (χ0) is 46.7. The largest absolute Gasteiger partial charge is 0.462 e. The first kappa shape index (κ1) is 61.0. The highest BCUT2D eigenvalue weighted by atomic mass is 16.5. The van der Waals surface area contributed by atoms with Gasteiger partial charge in [0.2, 0.25) is 5.91 Å². The molecule has 0 fully saturated rings. The minimum Gasteiger partial charge on any atom is -0.462 e. The molecule has 0 radical (unpaired) electrons. The summed E-state index contributed by atoms with van der Waals surface area (Å²) in [6.45, 7) is 6.32. The summed E-state index contributed by atoms with van der Waals surface area (Å²) < 4.78 is 5.90. The average molecular weight is 892 g/mol. The first-order valence-corrected chi connectivity index (χ1v) is 26.9. The van der Waals surface area contributed by atoms with Crippen molar-refractivity contribution in [2.75, 3.05) is 6.61 Å². The third kappa shape index (κ3) is 45.6. The number of aliphatic hydroxyl groups excluding tert-OH is 2. The van der Waals surface area contributed by atoms with Gasteiger partial charge in [0.1, 0.15) is 6.10 Å². The number of hydrogen-bond acceptors (Lipinski definition) is 5. The van der Waals surface area contributed by atoms with Gasteiger partial charge >= 0.3 is 5.97 Å². The third-order valence-electron chi connectivity index (χ3n) is 11.9. The van der Waals surface area contributed by atoms with E-state index in [0.717, 1.165) is 57.8 Å². The van der Waals surface area contributed by atoms with Crippen LogP contribution in [-0.4, -0.2) is 46.9 Å². The fourth-order valence-corrected chi connectivity index (χ4v) is 7.82. The van der Waals surface area contributed by atoms with E-state index in [4.69, 9.17) is 4.74 Å². The molecule has 6 heteroatoms. The van der Waals surface area contributed by atoms with E-state index in [2.05, 4.69) is 50.4 Å². The van der Waals surface area contributed by atoms with Gasteiger partial charge in [-0.25, -0.2) is 0 Å². The van der Waals surface area contributed by atoms with Crippen LogP contribution in [0.1, 0.15) is 245 Å². The number of esters is 1. The second kappa shape index (κ2) is 51.0. The number of aliphatic hydroxyl groups is 2. The van der Waals surface area contributed by atoms with Gasteiger partial charge in [0.25, 0.3) is 0 Å². The first-order valence-electron chi connectivity index (χ1n) is 26.9. The van der Waals surface area contributed by atoms with E-state index >= 15 is 0 Å². The average Bonchev–Trinajstić information content (AvgIpc) is 3.29. The maximum absolute atomic E-state index is 13.2. The van der Waals surface area contributed by atoms with Crippen molar-refractivity contribution in [3.05, 3.63) is 85.1 Å². The quantitative estimate of drug-likeness (QED) is 0.0245. The van der Waals surface area contributed by atoms with Crippen molar-refractivity contribution in [3.8, 4) is 0 Å². The van der Waals surface area contributed by atoms with Crippen LogP contribution < -0.4 is 5.32 Å². The highest BCUT2D eigenvalue weighted by Crippen LogP contribution is 2.17. The number of carbonyl (C=O) groups excluding carboxylic acids is 2. The molecular weight excluding hydrogens is 791 g/mol. The minimum atomic E-state index is -0.812. The van der Waals surface area contributed by atoms with E-state index in [0.29, 0.717) is 19.3 Å². The number of hydrogen-bond donors (Lipinski definition) is 3. The van der Waals surface area contributed by atoms with Crippen molar-refractivity contribution in [2.24, 2.45) is 0 Å². The minimum absolute atomic E-state index is 0.0218. The summed E-state index contributed by atoms with van der Waals surface area (Å²) in [6, 6.07) is -0.730. The second-order valence-corrected chi connectivity index (χ2v) is 18.0. The Kier molecular flexibility index (Phi) is 48.7. The molecule has 3 unspecified atom stereocenters. The van der Waals surface area contributed by atoms with Gasteiger partial charge in [-0.15, -0.1) is 0 Å². The van der Waals surface area contributed by atoms with Crippen LogP contribution in [-0.2, 0) is 14.3 Å².